The van der Waals surface area contributed by atoms with Crippen molar-refractivity contribution in [2.45, 2.75) is 45.4 Å². The van der Waals surface area contributed by atoms with E-state index in [1.807, 2.05) is 4.68 Å². The van der Waals surface area contributed by atoms with E-state index in [0.717, 1.165) is 24.0 Å². The van der Waals surface area contributed by atoms with Gasteiger partial charge in [-0.2, -0.15) is 0 Å². The molecule has 92 valence electrons. The van der Waals surface area contributed by atoms with Gasteiger partial charge in [0.1, 0.15) is 0 Å². The summed E-state index contributed by atoms with van der Waals surface area (Å²) < 4.78 is 1.86. The van der Waals surface area contributed by atoms with Crippen LogP contribution in [0, 0.1) is 5.92 Å². The summed E-state index contributed by atoms with van der Waals surface area (Å²) in [6, 6.07) is 0.503. The highest BCUT2D eigenvalue weighted by atomic mass is 32.2. The van der Waals surface area contributed by atoms with Crippen molar-refractivity contribution in [2.24, 2.45) is 5.92 Å². The number of aromatic nitrogens is 4. The average molecular weight is 243 g/mol. The van der Waals surface area contributed by atoms with Crippen LogP contribution < -0.4 is 5.32 Å². The predicted octanol–water partition coefficient (Wildman–Crippen LogP) is 1.42. The minimum Gasteiger partial charge on any atom is -0.313 e. The zero-order valence-electron chi connectivity index (χ0n) is 10.5. The molecule has 0 saturated heterocycles. The Morgan fingerprint density at radius 1 is 1.31 bits per heavy atom. The van der Waals surface area contributed by atoms with Gasteiger partial charge in [-0.3, -0.25) is 0 Å². The van der Waals surface area contributed by atoms with E-state index in [9.17, 15) is 0 Å². The van der Waals surface area contributed by atoms with Crippen molar-refractivity contribution in [2.75, 3.05) is 12.3 Å². The molecule has 0 radical (unpaired) electrons. The maximum Gasteiger partial charge on any atom is 0.209 e. The minimum atomic E-state index is 0.503. The lowest BCUT2D eigenvalue weighted by Crippen LogP contribution is -2.27. The molecule has 1 rings (SSSR count). The number of rotatable bonds is 7. The normalized spacial score (nSPS) is 11.6. The molecule has 0 unspecified atom stereocenters. The van der Waals surface area contributed by atoms with Crippen molar-refractivity contribution in [1.82, 2.24) is 25.5 Å². The van der Waals surface area contributed by atoms with Gasteiger partial charge >= 0.3 is 0 Å². The highest BCUT2D eigenvalue weighted by molar-refractivity contribution is 7.99. The third-order valence-corrected chi connectivity index (χ3v) is 3.30. The van der Waals surface area contributed by atoms with Gasteiger partial charge in [0.25, 0.3) is 0 Å². The molecule has 0 spiro atoms. The summed E-state index contributed by atoms with van der Waals surface area (Å²) in [7, 11) is 0. The van der Waals surface area contributed by atoms with Gasteiger partial charge in [0, 0.05) is 18.3 Å². The fraction of sp³-hybridized carbons (Fsp3) is 0.900. The van der Waals surface area contributed by atoms with E-state index in [4.69, 9.17) is 0 Å². The first-order valence-electron chi connectivity index (χ1n) is 5.72. The van der Waals surface area contributed by atoms with Crippen LogP contribution in [-0.4, -0.2) is 38.5 Å². The quantitative estimate of drug-likeness (QED) is 0.734. The highest BCUT2D eigenvalue weighted by Gasteiger charge is 2.07. The Balaban J connectivity index is 2.38. The van der Waals surface area contributed by atoms with E-state index in [-0.39, 0.29) is 0 Å². The Kier molecular flexibility index (Phi) is 5.76. The molecule has 1 aromatic rings. The Morgan fingerprint density at radius 2 is 2.06 bits per heavy atom. The second-order valence-corrected chi connectivity index (χ2v) is 5.49. The van der Waals surface area contributed by atoms with Gasteiger partial charge in [0.05, 0.1) is 6.54 Å². The van der Waals surface area contributed by atoms with Crippen LogP contribution in [0.5, 0.6) is 0 Å². The average Bonchev–Trinajstić information content (AvgIpc) is 2.62. The molecule has 0 bridgehead atoms. The van der Waals surface area contributed by atoms with Gasteiger partial charge in [-0.25, -0.2) is 4.68 Å². The number of nitrogens with one attached hydrogen (secondary N) is 1. The number of nitrogens with zero attached hydrogens (tertiary/aromatic N) is 4. The second-order valence-electron chi connectivity index (χ2n) is 4.50. The fourth-order valence-electron chi connectivity index (χ4n) is 1.14. The van der Waals surface area contributed by atoms with Crippen LogP contribution in [0.4, 0.5) is 0 Å². The van der Waals surface area contributed by atoms with Crippen LogP contribution in [0.25, 0.3) is 0 Å². The van der Waals surface area contributed by atoms with Crippen LogP contribution in [0.15, 0.2) is 5.16 Å². The standard InChI is InChI=1S/C10H21N5S/c1-8(2)7-16-10-12-13-14-15(10)6-5-11-9(3)4/h8-9,11H,5-7H2,1-4H3. The first kappa shape index (κ1) is 13.4. The summed E-state index contributed by atoms with van der Waals surface area (Å²) in [5.41, 5.74) is 0. The highest BCUT2D eigenvalue weighted by Crippen LogP contribution is 2.16. The topological polar surface area (TPSA) is 55.6 Å². The molecule has 0 saturated carbocycles. The zero-order chi connectivity index (χ0) is 12.0. The molecule has 0 aliphatic heterocycles. The first-order valence-corrected chi connectivity index (χ1v) is 6.70. The zero-order valence-corrected chi connectivity index (χ0v) is 11.3. The molecule has 0 aromatic carbocycles. The minimum absolute atomic E-state index is 0.503. The number of tetrazole rings is 1. The van der Waals surface area contributed by atoms with Gasteiger partial charge in [-0.05, 0) is 16.3 Å². The van der Waals surface area contributed by atoms with Crippen molar-refractivity contribution in [3.8, 4) is 0 Å². The van der Waals surface area contributed by atoms with Crippen LogP contribution in [0.1, 0.15) is 27.7 Å². The molecule has 1 N–H and O–H groups in total. The molecule has 1 heterocycles. The lowest BCUT2D eigenvalue weighted by Gasteiger charge is -2.09. The molecular weight excluding hydrogens is 222 g/mol. The summed E-state index contributed by atoms with van der Waals surface area (Å²) in [5.74, 6) is 1.71. The molecule has 0 aliphatic carbocycles. The van der Waals surface area contributed by atoms with E-state index in [1.54, 1.807) is 11.8 Å². The second kappa shape index (κ2) is 6.85. The van der Waals surface area contributed by atoms with E-state index in [1.165, 1.54) is 0 Å². The van der Waals surface area contributed by atoms with Crippen molar-refractivity contribution >= 4 is 11.8 Å². The van der Waals surface area contributed by atoms with Crippen LogP contribution >= 0.6 is 11.8 Å². The summed E-state index contributed by atoms with van der Waals surface area (Å²) >= 11 is 1.72. The Morgan fingerprint density at radius 3 is 2.69 bits per heavy atom. The van der Waals surface area contributed by atoms with E-state index in [2.05, 4.69) is 48.5 Å². The Labute approximate surface area is 101 Å². The third-order valence-electron chi connectivity index (χ3n) is 1.92. The van der Waals surface area contributed by atoms with Crippen LogP contribution in [0.3, 0.4) is 0 Å². The van der Waals surface area contributed by atoms with E-state index in [0.29, 0.717) is 12.0 Å². The number of hydrogen-bond acceptors (Lipinski definition) is 5. The molecule has 0 fully saturated rings. The number of hydrogen-bond donors (Lipinski definition) is 1. The Hall–Kier alpha value is -0.620. The SMILES string of the molecule is CC(C)CSc1nnnn1CCNC(C)C. The fourth-order valence-corrected chi connectivity index (χ4v) is 1.99. The van der Waals surface area contributed by atoms with Crippen LogP contribution in [0.2, 0.25) is 0 Å². The van der Waals surface area contributed by atoms with Gasteiger partial charge in [0.2, 0.25) is 5.16 Å². The maximum absolute atomic E-state index is 4.02. The molecule has 0 aliphatic rings. The smallest absolute Gasteiger partial charge is 0.209 e. The van der Waals surface area contributed by atoms with Gasteiger partial charge in [-0.15, -0.1) is 5.10 Å². The summed E-state index contributed by atoms with van der Waals surface area (Å²) in [4.78, 5) is 0. The number of thioether (sulfide) groups is 1. The van der Waals surface area contributed by atoms with Crippen LogP contribution in [-0.2, 0) is 6.54 Å². The van der Waals surface area contributed by atoms with E-state index >= 15 is 0 Å². The summed E-state index contributed by atoms with van der Waals surface area (Å²) in [5, 5.41) is 16.0. The predicted molar refractivity (Wildman–Crippen MR) is 66.5 cm³/mol. The molecule has 6 heteroatoms. The van der Waals surface area contributed by atoms with Crippen molar-refractivity contribution in [3.05, 3.63) is 0 Å². The van der Waals surface area contributed by atoms with Gasteiger partial charge < -0.3 is 5.32 Å². The van der Waals surface area contributed by atoms with Crippen molar-refractivity contribution < 1.29 is 0 Å². The molecule has 16 heavy (non-hydrogen) atoms. The maximum atomic E-state index is 4.02. The molecule has 5 nitrogen and oxygen atoms in total. The monoisotopic (exact) mass is 243 g/mol. The van der Waals surface area contributed by atoms with Crippen molar-refractivity contribution in [3.63, 3.8) is 0 Å². The molecule has 1 aromatic heterocycles. The van der Waals surface area contributed by atoms with E-state index < -0.39 is 0 Å². The lowest BCUT2D eigenvalue weighted by molar-refractivity contribution is 0.485. The van der Waals surface area contributed by atoms with Gasteiger partial charge in [0.15, 0.2) is 0 Å². The van der Waals surface area contributed by atoms with Gasteiger partial charge in [-0.1, -0.05) is 39.5 Å². The summed E-state index contributed by atoms with van der Waals surface area (Å²) in [6.07, 6.45) is 0. The van der Waals surface area contributed by atoms with Crippen molar-refractivity contribution in [1.29, 1.82) is 0 Å². The molecule has 0 amide bonds. The Bertz CT molecular complexity index is 297. The lowest BCUT2D eigenvalue weighted by atomic mass is 10.3. The third kappa shape index (κ3) is 4.94. The first-order chi connectivity index (χ1) is 7.59. The summed E-state index contributed by atoms with van der Waals surface area (Å²) in [6.45, 7) is 10.4. The molecule has 0 atom stereocenters. The largest absolute Gasteiger partial charge is 0.313 e. The molecular formula is C10H21N5S.